The Morgan fingerprint density at radius 3 is 1.59 bits per heavy atom. The van der Waals surface area contributed by atoms with Crippen molar-refractivity contribution in [1.82, 2.24) is 3.80 Å². The summed E-state index contributed by atoms with van der Waals surface area (Å²) in [7, 11) is 0. The molecule has 2 nitrogen and oxygen atoms in total. The van der Waals surface area contributed by atoms with Gasteiger partial charge in [0.15, 0.2) is 0 Å². The van der Waals surface area contributed by atoms with Gasteiger partial charge in [-0.25, -0.2) is 0 Å². The molecule has 0 saturated heterocycles. The van der Waals surface area contributed by atoms with E-state index in [1.165, 1.54) is 64.7 Å². The number of carbonyl (C=O) groups is 1. The van der Waals surface area contributed by atoms with Crippen LogP contribution in [0.5, 0.6) is 0 Å². The Morgan fingerprint density at radius 1 is 0.634 bits per heavy atom. The topological polar surface area (TPSA) is 29.1 Å². The molecule has 4 aromatic carbocycles. The van der Waals surface area contributed by atoms with E-state index in [0.717, 1.165) is 12.8 Å². The third kappa shape index (κ3) is 8.24. The van der Waals surface area contributed by atoms with E-state index in [-0.39, 0.29) is 30.7 Å². The predicted molar refractivity (Wildman–Crippen MR) is 164 cm³/mol. The molecule has 0 heterocycles. The standard InChI is InChI=1S/C13H9.C12H11Si.C10H21NO.2ClH.Ti/c1-3-7-12-10(5-1)9-11-6-2-4-8-13(11)12;1-3-7-11(8-4-1)13-12-9-5-2-6-10-12;1-2-3-4-5-6-7-8-9-10(11)12;;;/h1-9H;1-10,13H;2-9H2,1H3,(H2,11,12);2*1H;/q;;;;;+3/p-3. The molecule has 6 heteroatoms. The van der Waals surface area contributed by atoms with E-state index in [9.17, 15) is 4.79 Å². The van der Waals surface area contributed by atoms with Crippen LogP contribution in [0.15, 0.2) is 109 Å². The number of hydrogen-bond acceptors (Lipinski definition) is 1. The maximum atomic E-state index is 13.7. The van der Waals surface area contributed by atoms with E-state index in [1.807, 2.05) is 0 Å². The van der Waals surface area contributed by atoms with Gasteiger partial charge in [0.2, 0.25) is 0 Å². The van der Waals surface area contributed by atoms with Gasteiger partial charge in [0.05, 0.1) is 0 Å². The Morgan fingerprint density at radius 2 is 1.07 bits per heavy atom. The van der Waals surface area contributed by atoms with Crippen LogP contribution in [0.3, 0.4) is 0 Å². The normalized spacial score (nSPS) is 11.7. The molecule has 5 rings (SSSR count). The number of fused-ring (bicyclic) bond motifs is 3. The Hall–Kier alpha value is -2.14. The summed E-state index contributed by atoms with van der Waals surface area (Å²) >= 11 is -2.31. The van der Waals surface area contributed by atoms with Crippen LogP contribution in [0.2, 0.25) is 0 Å². The summed E-state index contributed by atoms with van der Waals surface area (Å²) in [5.41, 5.74) is 5.51. The van der Waals surface area contributed by atoms with Gasteiger partial charge in [0.25, 0.3) is 0 Å². The number of nitrogens with one attached hydrogen (secondary N) is 1. The molecule has 1 aliphatic carbocycles. The summed E-state index contributed by atoms with van der Waals surface area (Å²) < 4.78 is 4.14. The van der Waals surface area contributed by atoms with Gasteiger partial charge in [-0.15, -0.1) is 0 Å². The summed E-state index contributed by atoms with van der Waals surface area (Å²) in [4.78, 5) is 13.7. The smallest absolute Gasteiger partial charge is 1.00 e. The van der Waals surface area contributed by atoms with Crippen molar-refractivity contribution in [3.63, 3.8) is 0 Å². The van der Waals surface area contributed by atoms with Crippen LogP contribution in [0.1, 0.15) is 73.6 Å². The average Bonchev–Trinajstić information content (AvgIpc) is 3.32. The van der Waals surface area contributed by atoms with Gasteiger partial charge < -0.3 is 24.8 Å². The van der Waals surface area contributed by atoms with Gasteiger partial charge >= 0.3 is 243 Å². The zero-order valence-electron chi connectivity index (χ0n) is 23.9. The van der Waals surface area contributed by atoms with Gasteiger partial charge in [-0.1, -0.05) is 0 Å². The summed E-state index contributed by atoms with van der Waals surface area (Å²) in [6.45, 7) is 0.540. The number of halogens is 2. The van der Waals surface area contributed by atoms with Crippen LogP contribution in [-0.4, -0.2) is 12.6 Å². The fourth-order valence-corrected chi connectivity index (χ4v) is 21.2. The number of amides is 1. The summed E-state index contributed by atoms with van der Waals surface area (Å²) in [6, 6.07) is 40.0. The molecule has 0 aromatic heterocycles. The molecule has 0 unspecified atom stereocenters. The predicted octanol–water partition coefficient (Wildman–Crippen LogP) is 1.09. The molecule has 1 aliphatic rings. The molecule has 0 saturated carbocycles. The van der Waals surface area contributed by atoms with Crippen LogP contribution in [0.25, 0.3) is 11.1 Å². The van der Waals surface area contributed by atoms with Crippen molar-refractivity contribution in [3.05, 3.63) is 120 Å². The zero-order valence-corrected chi connectivity index (χ0v) is 28.1. The Balaban J connectivity index is 0.00000231. The van der Waals surface area contributed by atoms with Gasteiger partial charge in [0.1, 0.15) is 0 Å². The van der Waals surface area contributed by atoms with Crippen LogP contribution < -0.4 is 39.0 Å². The monoisotopic (exact) mass is 636 g/mol. The SMILES string of the molecule is CCCCCCCCCC(=O)[NH][Ti+2]([CH]1c2ccccc2-c2ccccc21)[SiH](c1ccccc1)c1ccccc1.[Cl-].[Cl-]. The first-order valence-electron chi connectivity index (χ1n) is 14.7. The van der Waals surface area contributed by atoms with Crippen molar-refractivity contribution in [2.45, 2.75) is 62.5 Å². The number of unbranched alkanes of at least 4 members (excludes halogenated alkanes) is 6. The summed E-state index contributed by atoms with van der Waals surface area (Å²) in [6.07, 6.45) is 9.24. The Labute approximate surface area is 266 Å². The van der Waals surface area contributed by atoms with E-state index >= 15 is 0 Å². The molecule has 0 spiro atoms. The van der Waals surface area contributed by atoms with E-state index < -0.39 is 24.0 Å². The molecular formula is C35H40Cl2NOSiTi. The third-order valence-electron chi connectivity index (χ3n) is 8.01. The van der Waals surface area contributed by atoms with Crippen molar-refractivity contribution in [1.29, 1.82) is 0 Å². The minimum absolute atomic E-state index is 0. The minimum Gasteiger partial charge on any atom is -1.00 e. The van der Waals surface area contributed by atoms with Crippen LogP contribution in [0.4, 0.5) is 0 Å². The van der Waals surface area contributed by atoms with Gasteiger partial charge in [-0.05, 0) is 0 Å². The maximum absolute atomic E-state index is 13.7. The molecule has 0 aliphatic heterocycles. The molecule has 0 bridgehead atoms. The van der Waals surface area contributed by atoms with Gasteiger partial charge in [-0.2, -0.15) is 0 Å². The molecule has 0 radical (unpaired) electrons. The van der Waals surface area contributed by atoms with Crippen LogP contribution in [0, 0.1) is 0 Å². The van der Waals surface area contributed by atoms with E-state index in [0.29, 0.717) is 10.6 Å². The Kier molecular flexibility index (Phi) is 13.9. The van der Waals surface area contributed by atoms with Gasteiger partial charge in [0, 0.05) is 0 Å². The largest absolute Gasteiger partial charge is 1.00 e. The minimum atomic E-state index is -2.31. The van der Waals surface area contributed by atoms with Crippen molar-refractivity contribution in [3.8, 4) is 11.1 Å². The molecule has 41 heavy (non-hydrogen) atoms. The van der Waals surface area contributed by atoms with Gasteiger partial charge in [-0.3, -0.25) is 0 Å². The summed E-state index contributed by atoms with van der Waals surface area (Å²) in [5, 5.41) is 2.88. The number of rotatable bonds is 13. The number of benzene rings is 4. The van der Waals surface area contributed by atoms with E-state index in [2.05, 4.69) is 120 Å². The second-order valence-electron chi connectivity index (χ2n) is 10.7. The summed E-state index contributed by atoms with van der Waals surface area (Å²) in [5.74, 6) is 0.268. The molecule has 0 atom stereocenters. The van der Waals surface area contributed by atoms with Crippen molar-refractivity contribution < 1.29 is 47.0 Å². The van der Waals surface area contributed by atoms with E-state index in [4.69, 9.17) is 0 Å². The van der Waals surface area contributed by atoms with Crippen molar-refractivity contribution in [2.24, 2.45) is 0 Å². The fourth-order valence-electron chi connectivity index (χ4n) is 6.11. The molecule has 1 N–H and O–H groups in total. The zero-order chi connectivity index (χ0) is 26.9. The Bertz CT molecular complexity index is 1270. The molecule has 0 fully saturated rings. The second kappa shape index (κ2) is 17.1. The number of hydrogen-bond donors (Lipinski definition) is 1. The van der Waals surface area contributed by atoms with Crippen molar-refractivity contribution in [2.75, 3.05) is 0 Å². The molecule has 213 valence electrons. The van der Waals surface area contributed by atoms with Crippen molar-refractivity contribution >= 4 is 22.9 Å². The molecular weight excluding hydrogens is 597 g/mol. The first kappa shape index (κ1) is 33.4. The second-order valence-corrected chi connectivity index (χ2v) is 20.9. The molecule has 4 aromatic rings. The quantitative estimate of drug-likeness (QED) is 0.173. The van der Waals surface area contributed by atoms with Crippen LogP contribution in [-0.2, 0) is 22.2 Å². The maximum Gasteiger partial charge on any atom is -1.00 e. The average molecular weight is 638 g/mol. The third-order valence-corrected chi connectivity index (χ3v) is 21.6. The first-order chi connectivity index (χ1) is 19.3. The fraction of sp³-hybridized carbons (Fsp3) is 0.286. The number of carbonyl (C=O) groups excluding carboxylic acids is 1. The van der Waals surface area contributed by atoms with E-state index in [1.54, 1.807) is 0 Å². The first-order valence-corrected chi connectivity index (χ1v) is 20.8. The van der Waals surface area contributed by atoms with Crippen LogP contribution >= 0.6 is 0 Å². The molecule has 1 amide bonds.